The molecule has 3 N–H and O–H groups in total. The van der Waals surface area contributed by atoms with Gasteiger partial charge in [-0.05, 0) is 25.7 Å². The van der Waals surface area contributed by atoms with Gasteiger partial charge in [0.1, 0.15) is 19.3 Å². The second-order valence-corrected chi connectivity index (χ2v) is 30.3. The first-order valence-corrected chi connectivity index (χ1v) is 42.8. The molecule has 0 heterocycles. The zero-order valence-electron chi connectivity index (χ0n) is 61.6. The molecule has 0 aliphatic carbocycles. The second-order valence-electron chi connectivity index (χ2n) is 27.4. The lowest BCUT2D eigenvalue weighted by molar-refractivity contribution is -0.161. The molecular formula is C76H148O17P2. The molecule has 0 rings (SSSR count). The maximum Gasteiger partial charge on any atom is 0.472 e. The Kier molecular flexibility index (Phi) is 69.1. The van der Waals surface area contributed by atoms with Gasteiger partial charge < -0.3 is 33.8 Å². The predicted octanol–water partition coefficient (Wildman–Crippen LogP) is 22.6. The summed E-state index contributed by atoms with van der Waals surface area (Å²) in [5.74, 6) is -2.13. The van der Waals surface area contributed by atoms with E-state index >= 15 is 0 Å². The number of hydrogen-bond acceptors (Lipinski definition) is 15. The quantitative estimate of drug-likeness (QED) is 0.0222. The highest BCUT2D eigenvalue weighted by Crippen LogP contribution is 2.45. The van der Waals surface area contributed by atoms with Crippen molar-refractivity contribution in [3.8, 4) is 0 Å². The van der Waals surface area contributed by atoms with Crippen molar-refractivity contribution in [1.29, 1.82) is 0 Å². The lowest BCUT2D eigenvalue weighted by atomic mass is 10.0. The van der Waals surface area contributed by atoms with Gasteiger partial charge in [0, 0.05) is 25.7 Å². The minimum atomic E-state index is -4.95. The number of ether oxygens (including phenoxy) is 4. The van der Waals surface area contributed by atoms with E-state index in [1.54, 1.807) is 0 Å². The topological polar surface area (TPSA) is 237 Å². The Bertz CT molecular complexity index is 1810. The molecule has 0 aliphatic rings. The second kappa shape index (κ2) is 70.5. The Balaban J connectivity index is 5.10. The summed E-state index contributed by atoms with van der Waals surface area (Å²) in [6.07, 6.45) is 61.7. The van der Waals surface area contributed by atoms with Crippen LogP contribution in [0.2, 0.25) is 0 Å². The minimum absolute atomic E-state index is 0.106. The molecule has 2 unspecified atom stereocenters. The summed E-state index contributed by atoms with van der Waals surface area (Å²) in [6.45, 7) is 4.88. The molecule has 0 aromatic carbocycles. The van der Waals surface area contributed by atoms with Crippen molar-refractivity contribution in [2.24, 2.45) is 0 Å². The van der Waals surface area contributed by atoms with Gasteiger partial charge in [-0.1, -0.05) is 355 Å². The highest BCUT2D eigenvalue weighted by molar-refractivity contribution is 7.47. The number of aliphatic hydroxyl groups excluding tert-OH is 1. The maximum absolute atomic E-state index is 13.1. The molecule has 0 aromatic rings. The van der Waals surface area contributed by atoms with E-state index in [0.29, 0.717) is 25.7 Å². The number of unbranched alkanes of at least 4 members (excludes halogenated alkanes) is 51. The Morgan fingerprint density at radius 1 is 0.253 bits per heavy atom. The van der Waals surface area contributed by atoms with Crippen LogP contribution in [0, 0.1) is 0 Å². The lowest BCUT2D eigenvalue weighted by Gasteiger charge is -2.21. The largest absolute Gasteiger partial charge is 0.472 e. The monoisotopic (exact) mass is 1400 g/mol. The molecule has 0 aliphatic heterocycles. The Morgan fingerprint density at radius 3 is 0.621 bits per heavy atom. The number of rotatable bonds is 77. The van der Waals surface area contributed by atoms with Crippen molar-refractivity contribution >= 4 is 39.5 Å². The van der Waals surface area contributed by atoms with Crippen LogP contribution in [-0.2, 0) is 65.4 Å². The molecule has 0 radical (unpaired) electrons. The van der Waals surface area contributed by atoms with Gasteiger partial charge in [0.2, 0.25) is 0 Å². The third-order valence-corrected chi connectivity index (χ3v) is 19.8. The van der Waals surface area contributed by atoms with E-state index in [1.165, 1.54) is 231 Å². The van der Waals surface area contributed by atoms with E-state index < -0.39 is 97.5 Å². The van der Waals surface area contributed by atoms with Gasteiger partial charge >= 0.3 is 39.5 Å². The zero-order chi connectivity index (χ0) is 69.7. The summed E-state index contributed by atoms with van der Waals surface area (Å²) in [6, 6.07) is 0. The first-order chi connectivity index (χ1) is 46.2. The molecule has 17 nitrogen and oxygen atoms in total. The van der Waals surface area contributed by atoms with Crippen molar-refractivity contribution in [3.05, 3.63) is 0 Å². The number of hydrogen-bond donors (Lipinski definition) is 3. The summed E-state index contributed by atoms with van der Waals surface area (Å²) >= 11 is 0. The molecule has 0 spiro atoms. The van der Waals surface area contributed by atoms with Crippen molar-refractivity contribution in [2.45, 2.75) is 425 Å². The molecule has 0 bridgehead atoms. The number of phosphoric ester groups is 2. The van der Waals surface area contributed by atoms with Crippen LogP contribution in [0.25, 0.3) is 0 Å². The van der Waals surface area contributed by atoms with E-state index in [2.05, 4.69) is 27.7 Å². The Hall–Kier alpha value is -1.94. The van der Waals surface area contributed by atoms with E-state index in [1.807, 2.05) is 0 Å². The first-order valence-electron chi connectivity index (χ1n) is 39.8. The van der Waals surface area contributed by atoms with Crippen molar-refractivity contribution in [1.82, 2.24) is 0 Å². The average molecular weight is 1400 g/mol. The van der Waals surface area contributed by atoms with Gasteiger partial charge in [0.15, 0.2) is 12.2 Å². The third kappa shape index (κ3) is 70.3. The molecular weight excluding hydrogens is 1250 g/mol. The number of carbonyl (C=O) groups excluding carboxylic acids is 4. The van der Waals surface area contributed by atoms with Gasteiger partial charge in [-0.3, -0.25) is 37.3 Å². The Labute approximate surface area is 581 Å². The van der Waals surface area contributed by atoms with Crippen LogP contribution >= 0.6 is 15.6 Å². The molecule has 0 amide bonds. The zero-order valence-corrected chi connectivity index (χ0v) is 63.4. The summed E-state index contributed by atoms with van der Waals surface area (Å²) in [7, 11) is -9.89. The van der Waals surface area contributed by atoms with Gasteiger partial charge in [0.25, 0.3) is 0 Å². The van der Waals surface area contributed by atoms with Crippen molar-refractivity contribution in [2.75, 3.05) is 39.6 Å². The average Bonchev–Trinajstić information content (AvgIpc) is 2.72. The smallest absolute Gasteiger partial charge is 0.462 e. The number of aliphatic hydroxyl groups is 1. The first kappa shape index (κ1) is 93.1. The molecule has 5 atom stereocenters. The van der Waals surface area contributed by atoms with Gasteiger partial charge in [0.05, 0.1) is 26.4 Å². The summed E-state index contributed by atoms with van der Waals surface area (Å²) < 4.78 is 68.2. The van der Waals surface area contributed by atoms with Crippen LogP contribution in [0.3, 0.4) is 0 Å². The molecule has 0 saturated carbocycles. The van der Waals surface area contributed by atoms with Crippen LogP contribution in [0.5, 0.6) is 0 Å². The van der Waals surface area contributed by atoms with E-state index in [-0.39, 0.29) is 25.7 Å². The van der Waals surface area contributed by atoms with Gasteiger partial charge in [-0.15, -0.1) is 0 Å². The Morgan fingerprint density at radius 2 is 0.421 bits per heavy atom. The minimum Gasteiger partial charge on any atom is -0.462 e. The molecule has 564 valence electrons. The molecule has 95 heavy (non-hydrogen) atoms. The number of carbonyl (C=O) groups is 4. The predicted molar refractivity (Wildman–Crippen MR) is 386 cm³/mol. The van der Waals surface area contributed by atoms with Crippen LogP contribution in [0.4, 0.5) is 0 Å². The molecule has 19 heteroatoms. The fourth-order valence-electron chi connectivity index (χ4n) is 11.8. The normalized spacial score (nSPS) is 13.9. The van der Waals surface area contributed by atoms with Gasteiger partial charge in [-0.25, -0.2) is 9.13 Å². The lowest BCUT2D eigenvalue weighted by Crippen LogP contribution is -2.30. The molecule has 0 aromatic heterocycles. The molecule has 0 saturated heterocycles. The number of esters is 4. The van der Waals surface area contributed by atoms with Crippen molar-refractivity contribution in [3.63, 3.8) is 0 Å². The van der Waals surface area contributed by atoms with Gasteiger partial charge in [-0.2, -0.15) is 0 Å². The van der Waals surface area contributed by atoms with E-state index in [0.717, 1.165) is 96.3 Å². The van der Waals surface area contributed by atoms with E-state index in [4.69, 9.17) is 37.0 Å². The highest BCUT2D eigenvalue weighted by atomic mass is 31.2. The maximum atomic E-state index is 13.1. The van der Waals surface area contributed by atoms with Crippen LogP contribution in [-0.4, -0.2) is 96.7 Å². The van der Waals surface area contributed by atoms with Crippen molar-refractivity contribution < 1.29 is 80.2 Å². The van der Waals surface area contributed by atoms with E-state index in [9.17, 15) is 43.2 Å². The van der Waals surface area contributed by atoms with Crippen LogP contribution in [0.1, 0.15) is 407 Å². The fourth-order valence-corrected chi connectivity index (χ4v) is 13.3. The molecule has 0 fully saturated rings. The summed E-state index contributed by atoms with van der Waals surface area (Å²) in [4.78, 5) is 72.4. The fraction of sp³-hybridized carbons (Fsp3) is 0.947. The van der Waals surface area contributed by atoms with Crippen LogP contribution in [0.15, 0.2) is 0 Å². The SMILES string of the molecule is CCCCCCCCCCCCCCCCCCCCCCC(=O)OC[C@H](COP(=O)(O)OC[C@@H](O)COP(=O)(O)OC[C@@H](COC(=O)CCCCCCC)OC(=O)CCCCCCCCCCCC)OC(=O)CCCCCCCCCCCCCCCCCCCCCC. The standard InChI is InChI=1S/C76H148O17P2/c1-5-9-13-17-20-23-26-28-30-32-34-36-38-40-42-44-47-49-53-57-61-74(79)87-67-72(93-76(81)63-59-55-51-48-45-43-41-39-37-35-33-31-29-27-24-21-18-14-10-6-2)69-91-95(84,85)89-65-70(77)64-88-94(82,83)90-68-71(66-86-73(78)60-56-52-16-12-8-4)92-75(80)62-58-54-50-46-25-22-19-15-11-7-3/h70-72,77H,5-69H2,1-4H3,(H,82,83)(H,84,85)/t70-,71+,72+/m0/s1. The summed E-state index contributed by atoms with van der Waals surface area (Å²) in [5.41, 5.74) is 0. The third-order valence-electron chi connectivity index (χ3n) is 17.9. The number of phosphoric acid groups is 2. The van der Waals surface area contributed by atoms with Crippen LogP contribution < -0.4 is 0 Å². The highest BCUT2D eigenvalue weighted by Gasteiger charge is 2.30. The summed E-state index contributed by atoms with van der Waals surface area (Å²) in [5, 5.41) is 10.6.